The Morgan fingerprint density at radius 3 is 2.43 bits per heavy atom. The second-order valence-corrected chi connectivity index (χ2v) is 3.06. The van der Waals surface area contributed by atoms with Gasteiger partial charge in [0.25, 0.3) is 0 Å². The molecule has 0 spiro atoms. The molecular weight excluding hydrogens is 180 g/mol. The van der Waals surface area contributed by atoms with Crippen LogP contribution in [0.25, 0.3) is 0 Å². The molecule has 0 radical (unpaired) electrons. The van der Waals surface area contributed by atoms with Crippen LogP contribution in [0.1, 0.15) is 24.0 Å². The van der Waals surface area contributed by atoms with Gasteiger partial charge < -0.3 is 10.2 Å². The van der Waals surface area contributed by atoms with Gasteiger partial charge in [-0.3, -0.25) is 9.97 Å². The molecule has 14 heavy (non-hydrogen) atoms. The lowest BCUT2D eigenvalue weighted by Crippen LogP contribution is -2.06. The van der Waals surface area contributed by atoms with Crippen molar-refractivity contribution in [2.45, 2.75) is 26.2 Å². The van der Waals surface area contributed by atoms with Gasteiger partial charge in [-0.15, -0.1) is 0 Å². The van der Waals surface area contributed by atoms with E-state index in [0.717, 1.165) is 23.5 Å². The maximum absolute atomic E-state index is 8.80. The van der Waals surface area contributed by atoms with Gasteiger partial charge in [0.1, 0.15) is 0 Å². The molecule has 78 valence electrons. The van der Waals surface area contributed by atoms with Gasteiger partial charge in [0, 0.05) is 32.3 Å². The first kappa shape index (κ1) is 11.1. The van der Waals surface area contributed by atoms with Crippen molar-refractivity contribution in [1.82, 2.24) is 9.97 Å². The molecule has 0 aliphatic rings. The highest BCUT2D eigenvalue weighted by Gasteiger charge is 2.04. The van der Waals surface area contributed by atoms with Crippen LogP contribution in [0.2, 0.25) is 0 Å². The molecule has 0 bridgehead atoms. The van der Waals surface area contributed by atoms with E-state index in [1.807, 2.05) is 6.92 Å². The number of rotatable bonds is 5. The van der Waals surface area contributed by atoms with E-state index < -0.39 is 0 Å². The lowest BCUT2D eigenvalue weighted by molar-refractivity contribution is 0.295. The lowest BCUT2D eigenvalue weighted by atomic mass is 10.2. The van der Waals surface area contributed by atoms with Gasteiger partial charge in [0.05, 0.1) is 17.1 Å². The third-order valence-corrected chi connectivity index (χ3v) is 2.03. The van der Waals surface area contributed by atoms with Crippen LogP contribution in [0.3, 0.4) is 0 Å². The summed E-state index contributed by atoms with van der Waals surface area (Å²) in [5.41, 5.74) is 2.59. The van der Waals surface area contributed by atoms with Gasteiger partial charge in [0.2, 0.25) is 0 Å². The Bertz CT molecular complexity index is 289. The normalized spacial score (nSPS) is 10.5. The summed E-state index contributed by atoms with van der Waals surface area (Å²) in [4.78, 5) is 8.59. The lowest BCUT2D eigenvalue weighted by Gasteiger charge is -2.06. The molecular formula is C10H16N2O2. The monoisotopic (exact) mass is 196 g/mol. The van der Waals surface area contributed by atoms with Gasteiger partial charge >= 0.3 is 0 Å². The van der Waals surface area contributed by atoms with Gasteiger partial charge in [-0.25, -0.2) is 0 Å². The predicted octanol–water partition coefficient (Wildman–Crippen LogP) is 0.109. The van der Waals surface area contributed by atoms with E-state index in [2.05, 4.69) is 9.97 Å². The Kier molecular flexibility index (Phi) is 4.49. The molecule has 0 amide bonds. The van der Waals surface area contributed by atoms with Crippen LogP contribution in [-0.2, 0) is 19.3 Å². The fraction of sp³-hybridized carbons (Fsp3) is 0.600. The summed E-state index contributed by atoms with van der Waals surface area (Å²) >= 11 is 0. The second-order valence-electron chi connectivity index (χ2n) is 3.06. The molecule has 1 heterocycles. The Morgan fingerprint density at radius 1 is 1.14 bits per heavy atom. The molecule has 2 N–H and O–H groups in total. The molecule has 1 rings (SSSR count). The van der Waals surface area contributed by atoms with E-state index in [0.29, 0.717) is 12.8 Å². The third kappa shape index (κ3) is 2.75. The molecule has 1 aromatic heterocycles. The summed E-state index contributed by atoms with van der Waals surface area (Å²) in [5, 5.41) is 17.6. The van der Waals surface area contributed by atoms with Gasteiger partial charge in [0.15, 0.2) is 0 Å². The summed E-state index contributed by atoms with van der Waals surface area (Å²) in [7, 11) is 0. The Morgan fingerprint density at radius 2 is 1.86 bits per heavy atom. The maximum Gasteiger partial charge on any atom is 0.0641 e. The van der Waals surface area contributed by atoms with Crippen LogP contribution in [0.15, 0.2) is 6.20 Å². The molecule has 4 nitrogen and oxygen atoms in total. The van der Waals surface area contributed by atoms with Crippen LogP contribution in [0.5, 0.6) is 0 Å². The molecule has 0 saturated carbocycles. The largest absolute Gasteiger partial charge is 0.396 e. The second kappa shape index (κ2) is 5.67. The number of nitrogens with zero attached hydrogens (tertiary/aromatic N) is 2. The van der Waals surface area contributed by atoms with Crippen molar-refractivity contribution < 1.29 is 10.2 Å². The van der Waals surface area contributed by atoms with Gasteiger partial charge in [-0.2, -0.15) is 0 Å². The number of aliphatic hydroxyl groups excluding tert-OH is 2. The smallest absolute Gasteiger partial charge is 0.0641 e. The molecule has 0 aliphatic heterocycles. The molecule has 1 aromatic rings. The summed E-state index contributed by atoms with van der Waals surface area (Å²) in [6.07, 6.45) is 3.57. The van der Waals surface area contributed by atoms with Crippen molar-refractivity contribution in [3.05, 3.63) is 23.3 Å². The van der Waals surface area contributed by atoms with Gasteiger partial charge in [-0.05, 0) is 6.42 Å². The molecule has 4 heteroatoms. The average molecular weight is 196 g/mol. The van der Waals surface area contributed by atoms with Crippen molar-refractivity contribution in [2.75, 3.05) is 13.2 Å². The van der Waals surface area contributed by atoms with Crippen LogP contribution in [0, 0.1) is 0 Å². The van der Waals surface area contributed by atoms with Crippen LogP contribution >= 0.6 is 0 Å². The topological polar surface area (TPSA) is 66.2 Å². The minimum absolute atomic E-state index is 0.0944. The number of hydrogen-bond donors (Lipinski definition) is 2. The minimum Gasteiger partial charge on any atom is -0.396 e. The fourth-order valence-electron chi connectivity index (χ4n) is 1.33. The van der Waals surface area contributed by atoms with Crippen molar-refractivity contribution in [3.8, 4) is 0 Å². The number of aryl methyl sites for hydroxylation is 1. The zero-order valence-corrected chi connectivity index (χ0v) is 8.40. The highest BCUT2D eigenvalue weighted by Crippen LogP contribution is 2.06. The highest BCUT2D eigenvalue weighted by molar-refractivity contribution is 5.14. The van der Waals surface area contributed by atoms with E-state index >= 15 is 0 Å². The molecule has 0 aliphatic carbocycles. The Hall–Kier alpha value is -1.00. The van der Waals surface area contributed by atoms with E-state index in [4.69, 9.17) is 10.2 Å². The third-order valence-electron chi connectivity index (χ3n) is 2.03. The molecule has 0 aromatic carbocycles. The molecule has 0 fully saturated rings. The van der Waals surface area contributed by atoms with Crippen LogP contribution in [-0.4, -0.2) is 33.4 Å². The summed E-state index contributed by atoms with van der Waals surface area (Å²) in [6.45, 7) is 2.20. The first-order chi connectivity index (χ1) is 6.81. The summed E-state index contributed by atoms with van der Waals surface area (Å²) in [5.74, 6) is 0. The molecule has 0 saturated heterocycles. The summed E-state index contributed by atoms with van der Waals surface area (Å²) < 4.78 is 0. The van der Waals surface area contributed by atoms with Crippen molar-refractivity contribution in [1.29, 1.82) is 0 Å². The average Bonchev–Trinajstić information content (AvgIpc) is 2.21. The fourth-order valence-corrected chi connectivity index (χ4v) is 1.33. The Balaban J connectivity index is 2.87. The highest BCUT2D eigenvalue weighted by atomic mass is 16.3. The minimum atomic E-state index is 0.0944. The van der Waals surface area contributed by atoms with Crippen LogP contribution < -0.4 is 0 Å². The van der Waals surface area contributed by atoms with Crippen molar-refractivity contribution in [2.24, 2.45) is 0 Å². The number of hydrogen-bond acceptors (Lipinski definition) is 4. The first-order valence-corrected chi connectivity index (χ1v) is 4.87. The number of aliphatic hydroxyl groups is 2. The zero-order valence-electron chi connectivity index (χ0n) is 8.40. The quantitative estimate of drug-likeness (QED) is 0.701. The Labute approximate surface area is 83.6 Å². The van der Waals surface area contributed by atoms with Crippen LogP contribution in [0.4, 0.5) is 0 Å². The van der Waals surface area contributed by atoms with Gasteiger partial charge in [-0.1, -0.05) is 6.92 Å². The maximum atomic E-state index is 8.80. The van der Waals surface area contributed by atoms with E-state index in [-0.39, 0.29) is 13.2 Å². The van der Waals surface area contributed by atoms with Crippen molar-refractivity contribution >= 4 is 0 Å². The van der Waals surface area contributed by atoms with E-state index in [1.165, 1.54) is 0 Å². The number of aromatic nitrogens is 2. The SMILES string of the molecule is CCc1nc(CCO)cnc1CCO. The van der Waals surface area contributed by atoms with Crippen molar-refractivity contribution in [3.63, 3.8) is 0 Å². The molecule has 0 unspecified atom stereocenters. The molecule has 0 atom stereocenters. The first-order valence-electron chi connectivity index (χ1n) is 4.87. The standard InChI is InChI=1S/C10H16N2O2/c1-2-9-10(4-6-14)11-7-8(12-9)3-5-13/h7,13-14H,2-6H2,1H3. The van der Waals surface area contributed by atoms with E-state index in [1.54, 1.807) is 6.20 Å². The van der Waals surface area contributed by atoms with E-state index in [9.17, 15) is 0 Å². The summed E-state index contributed by atoms with van der Waals surface area (Å²) in [6, 6.07) is 0. The predicted molar refractivity (Wildman–Crippen MR) is 53.0 cm³/mol. The zero-order chi connectivity index (χ0) is 10.4.